The maximum Gasteiger partial charge on any atom is 0.256 e. The van der Waals surface area contributed by atoms with E-state index in [-0.39, 0.29) is 5.91 Å². The monoisotopic (exact) mass is 365 g/mol. The van der Waals surface area contributed by atoms with Gasteiger partial charge in [-0.3, -0.25) is 4.79 Å². The molecule has 2 aromatic carbocycles. The largest absolute Gasteiger partial charge is 0.371 e. The van der Waals surface area contributed by atoms with Gasteiger partial charge in [-0.1, -0.05) is 23.7 Å². The van der Waals surface area contributed by atoms with Gasteiger partial charge in [0.1, 0.15) is 0 Å². The van der Waals surface area contributed by atoms with Crippen molar-refractivity contribution >= 4 is 40.5 Å². The summed E-state index contributed by atoms with van der Waals surface area (Å²) in [4.78, 5) is 14.5. The zero-order chi connectivity index (χ0) is 18.7. The number of rotatable bonds is 5. The maximum atomic E-state index is 12.3. The average molecular weight is 366 g/mol. The number of amides is 1. The van der Waals surface area contributed by atoms with E-state index in [0.29, 0.717) is 23.6 Å². The molecule has 132 valence electrons. The van der Waals surface area contributed by atoms with Crippen molar-refractivity contribution in [2.45, 2.75) is 20.3 Å². The fourth-order valence-electron chi connectivity index (χ4n) is 3.14. The molecular formula is C21H20ClN3O. The molecule has 1 amide bonds. The molecule has 0 bridgehead atoms. The van der Waals surface area contributed by atoms with Gasteiger partial charge in [0, 0.05) is 34.9 Å². The van der Waals surface area contributed by atoms with Crippen LogP contribution in [0.25, 0.3) is 11.6 Å². The molecule has 3 rings (SSSR count). The molecule has 0 spiro atoms. The van der Waals surface area contributed by atoms with E-state index < -0.39 is 0 Å². The molecule has 26 heavy (non-hydrogen) atoms. The van der Waals surface area contributed by atoms with Crippen molar-refractivity contribution in [3.8, 4) is 6.07 Å². The van der Waals surface area contributed by atoms with Crippen molar-refractivity contribution in [3.63, 3.8) is 0 Å². The molecular weight excluding hydrogens is 346 g/mol. The zero-order valence-corrected chi connectivity index (χ0v) is 15.6. The van der Waals surface area contributed by atoms with Crippen LogP contribution in [0.3, 0.4) is 0 Å². The maximum absolute atomic E-state index is 12.3. The van der Waals surface area contributed by atoms with Gasteiger partial charge in [0.2, 0.25) is 0 Å². The Morgan fingerprint density at radius 2 is 2.08 bits per heavy atom. The number of halogens is 1. The third-order valence-electron chi connectivity index (χ3n) is 4.56. The Kier molecular flexibility index (Phi) is 5.29. The van der Waals surface area contributed by atoms with Gasteiger partial charge < -0.3 is 10.2 Å². The Morgan fingerprint density at radius 1 is 1.27 bits per heavy atom. The second-order valence-corrected chi connectivity index (χ2v) is 6.67. The van der Waals surface area contributed by atoms with Gasteiger partial charge in [-0.15, -0.1) is 0 Å². The highest BCUT2D eigenvalue weighted by Crippen LogP contribution is 2.35. The van der Waals surface area contributed by atoms with Crippen molar-refractivity contribution in [2.24, 2.45) is 0 Å². The SMILES string of the molecule is CCN(CCC#N)c1ccc(C=C2C(=O)Nc3cc(Cl)ccc32)c(C)c1. The minimum atomic E-state index is -0.116. The highest BCUT2D eigenvalue weighted by molar-refractivity contribution is 6.36. The van der Waals surface area contributed by atoms with Crippen LogP contribution >= 0.6 is 11.6 Å². The molecule has 0 fully saturated rings. The summed E-state index contributed by atoms with van der Waals surface area (Å²) in [5, 5.41) is 12.3. The van der Waals surface area contributed by atoms with Crippen molar-refractivity contribution in [1.29, 1.82) is 5.26 Å². The first kappa shape index (κ1) is 18.0. The van der Waals surface area contributed by atoms with E-state index in [0.717, 1.165) is 34.6 Å². The van der Waals surface area contributed by atoms with Crippen LogP contribution < -0.4 is 10.2 Å². The van der Waals surface area contributed by atoms with Gasteiger partial charge in [0.15, 0.2) is 0 Å². The number of anilines is 2. The molecule has 2 aromatic rings. The van der Waals surface area contributed by atoms with Crippen molar-refractivity contribution in [2.75, 3.05) is 23.3 Å². The fourth-order valence-corrected chi connectivity index (χ4v) is 3.31. The summed E-state index contributed by atoms with van der Waals surface area (Å²) in [6.45, 7) is 5.67. The quantitative estimate of drug-likeness (QED) is 0.768. The van der Waals surface area contributed by atoms with Gasteiger partial charge in [-0.25, -0.2) is 0 Å². The van der Waals surface area contributed by atoms with E-state index in [1.807, 2.05) is 31.2 Å². The van der Waals surface area contributed by atoms with E-state index in [4.69, 9.17) is 16.9 Å². The lowest BCUT2D eigenvalue weighted by Crippen LogP contribution is -2.23. The van der Waals surface area contributed by atoms with Crippen LogP contribution in [-0.2, 0) is 4.79 Å². The summed E-state index contributed by atoms with van der Waals surface area (Å²) in [6, 6.07) is 13.8. The Morgan fingerprint density at radius 3 is 2.77 bits per heavy atom. The Balaban J connectivity index is 1.93. The van der Waals surface area contributed by atoms with E-state index in [1.54, 1.807) is 12.1 Å². The van der Waals surface area contributed by atoms with Crippen molar-refractivity contribution in [1.82, 2.24) is 0 Å². The lowest BCUT2D eigenvalue weighted by molar-refractivity contribution is -0.110. The Labute approximate surface area is 158 Å². The number of fused-ring (bicyclic) bond motifs is 1. The first-order valence-electron chi connectivity index (χ1n) is 8.59. The second-order valence-electron chi connectivity index (χ2n) is 6.23. The van der Waals surface area contributed by atoms with Crippen LogP contribution in [0.5, 0.6) is 0 Å². The summed E-state index contributed by atoms with van der Waals surface area (Å²) in [7, 11) is 0. The molecule has 4 nitrogen and oxygen atoms in total. The predicted molar refractivity (Wildman–Crippen MR) is 107 cm³/mol. The minimum absolute atomic E-state index is 0.116. The number of nitriles is 1. The number of carbonyl (C=O) groups excluding carboxylic acids is 1. The standard InChI is InChI=1S/C21H20ClN3O/c1-3-25(10-4-9-23)17-7-5-15(14(2)11-17)12-19-18-8-6-16(22)13-20(18)24-21(19)26/h5-8,11-13H,3-4,10H2,1-2H3,(H,24,26). The number of benzene rings is 2. The Hall–Kier alpha value is -2.77. The summed E-state index contributed by atoms with van der Waals surface area (Å²) in [5.41, 5.74) is 5.43. The van der Waals surface area contributed by atoms with Crippen molar-refractivity contribution in [3.05, 3.63) is 58.1 Å². The van der Waals surface area contributed by atoms with E-state index in [9.17, 15) is 4.79 Å². The smallest absolute Gasteiger partial charge is 0.256 e. The summed E-state index contributed by atoms with van der Waals surface area (Å²) in [5.74, 6) is -0.116. The molecule has 0 aromatic heterocycles. The average Bonchev–Trinajstić information content (AvgIpc) is 2.92. The first-order valence-corrected chi connectivity index (χ1v) is 8.96. The summed E-state index contributed by atoms with van der Waals surface area (Å²) < 4.78 is 0. The van der Waals surface area contributed by atoms with Gasteiger partial charge >= 0.3 is 0 Å². The van der Waals surface area contributed by atoms with E-state index >= 15 is 0 Å². The van der Waals surface area contributed by atoms with Gasteiger partial charge in [-0.05, 0) is 55.3 Å². The molecule has 0 aliphatic carbocycles. The molecule has 5 heteroatoms. The number of nitrogens with one attached hydrogen (secondary N) is 1. The molecule has 0 radical (unpaired) electrons. The van der Waals surface area contributed by atoms with Crippen LogP contribution in [0.4, 0.5) is 11.4 Å². The number of nitrogens with zero attached hydrogens (tertiary/aromatic N) is 2. The minimum Gasteiger partial charge on any atom is -0.371 e. The van der Waals surface area contributed by atoms with Crippen LogP contribution in [-0.4, -0.2) is 19.0 Å². The number of hydrogen-bond acceptors (Lipinski definition) is 3. The lowest BCUT2D eigenvalue weighted by atomic mass is 10.0. The predicted octanol–water partition coefficient (Wildman–Crippen LogP) is 4.88. The highest BCUT2D eigenvalue weighted by Gasteiger charge is 2.24. The number of aryl methyl sites for hydroxylation is 1. The number of hydrogen-bond donors (Lipinski definition) is 1. The highest BCUT2D eigenvalue weighted by atomic mass is 35.5. The first-order chi connectivity index (χ1) is 12.5. The topological polar surface area (TPSA) is 56.1 Å². The van der Waals surface area contributed by atoms with Gasteiger partial charge in [0.25, 0.3) is 5.91 Å². The molecule has 1 N–H and O–H groups in total. The molecule has 0 saturated carbocycles. The van der Waals surface area contributed by atoms with Crippen LogP contribution in [0.1, 0.15) is 30.0 Å². The second kappa shape index (κ2) is 7.63. The van der Waals surface area contributed by atoms with Crippen LogP contribution in [0, 0.1) is 18.3 Å². The van der Waals surface area contributed by atoms with Crippen LogP contribution in [0.15, 0.2) is 36.4 Å². The zero-order valence-electron chi connectivity index (χ0n) is 14.8. The third-order valence-corrected chi connectivity index (χ3v) is 4.79. The van der Waals surface area contributed by atoms with E-state index in [2.05, 4.69) is 29.3 Å². The third kappa shape index (κ3) is 3.58. The lowest BCUT2D eigenvalue weighted by Gasteiger charge is -2.22. The van der Waals surface area contributed by atoms with Gasteiger partial charge in [-0.2, -0.15) is 5.26 Å². The molecule has 0 saturated heterocycles. The molecule has 1 heterocycles. The fraction of sp³-hybridized carbons (Fsp3) is 0.238. The summed E-state index contributed by atoms with van der Waals surface area (Å²) in [6.07, 6.45) is 2.41. The normalized spacial score (nSPS) is 14.1. The molecule has 1 aliphatic heterocycles. The van der Waals surface area contributed by atoms with Crippen molar-refractivity contribution < 1.29 is 4.79 Å². The Bertz CT molecular complexity index is 927. The van der Waals surface area contributed by atoms with E-state index in [1.165, 1.54) is 0 Å². The number of carbonyl (C=O) groups is 1. The molecule has 0 unspecified atom stereocenters. The molecule has 0 atom stereocenters. The van der Waals surface area contributed by atoms with Gasteiger partial charge in [0.05, 0.1) is 18.2 Å². The molecule has 1 aliphatic rings. The van der Waals surface area contributed by atoms with Crippen LogP contribution in [0.2, 0.25) is 5.02 Å². The summed E-state index contributed by atoms with van der Waals surface area (Å²) >= 11 is 6.01.